The van der Waals surface area contributed by atoms with Crippen molar-refractivity contribution in [2.45, 2.75) is 19.3 Å². The molecule has 3 nitrogen and oxygen atoms in total. The molecule has 4 rings (SSSR count). The van der Waals surface area contributed by atoms with Crippen LogP contribution in [0.25, 0.3) is 16.5 Å². The van der Waals surface area contributed by atoms with Gasteiger partial charge in [-0.05, 0) is 35.6 Å². The molecule has 3 aromatic rings. The molecule has 0 saturated heterocycles. The number of allylic oxidation sites excluding steroid dienone is 1. The molecule has 0 spiro atoms. The molecule has 0 unspecified atom stereocenters. The van der Waals surface area contributed by atoms with Crippen LogP contribution in [0.1, 0.15) is 34.3 Å². The molecule has 3 aromatic carbocycles. The number of rotatable bonds is 4. The Labute approximate surface area is 151 Å². The number of aliphatic hydroxyl groups is 1. The quantitative estimate of drug-likeness (QED) is 0.686. The molecule has 128 valence electrons. The van der Waals surface area contributed by atoms with Crippen LogP contribution in [-0.4, -0.2) is 16.7 Å². The van der Waals surface area contributed by atoms with Crippen molar-refractivity contribution in [1.29, 1.82) is 0 Å². The van der Waals surface area contributed by atoms with Gasteiger partial charge >= 0.3 is 0 Å². The van der Waals surface area contributed by atoms with Crippen molar-refractivity contribution in [2.75, 3.05) is 0 Å². The van der Waals surface area contributed by atoms with E-state index in [0.29, 0.717) is 18.4 Å². The van der Waals surface area contributed by atoms with Crippen LogP contribution >= 0.6 is 0 Å². The number of benzene rings is 3. The molecule has 1 N–H and O–H groups in total. The minimum Gasteiger partial charge on any atom is -0.507 e. The largest absolute Gasteiger partial charge is 0.507 e. The number of hydrogen-bond acceptors (Lipinski definition) is 3. The number of hydrogen-bond donors (Lipinski definition) is 1. The van der Waals surface area contributed by atoms with Gasteiger partial charge in [0.05, 0.1) is 0 Å². The van der Waals surface area contributed by atoms with Crippen molar-refractivity contribution >= 4 is 28.1 Å². The summed E-state index contributed by atoms with van der Waals surface area (Å²) in [5.74, 6) is -1.17. The van der Waals surface area contributed by atoms with Gasteiger partial charge in [-0.1, -0.05) is 66.7 Å². The maximum Gasteiger partial charge on any atom is 0.234 e. The summed E-state index contributed by atoms with van der Waals surface area (Å²) in [5.41, 5.74) is 2.18. The van der Waals surface area contributed by atoms with Gasteiger partial charge in [-0.25, -0.2) is 0 Å². The highest BCUT2D eigenvalue weighted by Gasteiger charge is 2.31. The van der Waals surface area contributed by atoms with Crippen molar-refractivity contribution in [2.24, 2.45) is 0 Å². The summed E-state index contributed by atoms with van der Waals surface area (Å²) in [6.45, 7) is 0. The number of fused-ring (bicyclic) bond motifs is 2. The standard InChI is InChI=1S/C23H18O3/c24-21-18-12-3-4-13-19(18)22(25)23(26)20(21)14-6-10-16-9-5-8-15-7-1-2-11-17(15)16/h1-5,7-9,11-13,24H,6,10,14H2. The number of aliphatic hydroxyl groups excluding tert-OH is 1. The molecule has 1 aliphatic carbocycles. The number of carbonyl (C=O) groups excluding carboxylic acids is 2. The predicted molar refractivity (Wildman–Crippen MR) is 102 cm³/mol. The first-order valence-electron chi connectivity index (χ1n) is 8.74. The predicted octanol–water partition coefficient (Wildman–Crippen LogP) is 4.90. The van der Waals surface area contributed by atoms with Crippen LogP contribution in [0, 0.1) is 0 Å². The molecule has 0 heterocycles. The lowest BCUT2D eigenvalue weighted by molar-refractivity contribution is -0.112. The summed E-state index contributed by atoms with van der Waals surface area (Å²) >= 11 is 0. The third-order valence-corrected chi connectivity index (χ3v) is 4.95. The monoisotopic (exact) mass is 342 g/mol. The van der Waals surface area contributed by atoms with Gasteiger partial charge in [0.1, 0.15) is 5.76 Å². The van der Waals surface area contributed by atoms with Gasteiger partial charge in [-0.15, -0.1) is 0 Å². The number of ketones is 2. The van der Waals surface area contributed by atoms with Crippen molar-refractivity contribution in [3.05, 3.63) is 89.0 Å². The van der Waals surface area contributed by atoms with E-state index in [-0.39, 0.29) is 16.9 Å². The van der Waals surface area contributed by atoms with Gasteiger partial charge in [-0.2, -0.15) is 0 Å². The Morgan fingerprint density at radius 3 is 2.23 bits per heavy atom. The Hall–Kier alpha value is -3.20. The number of carbonyl (C=O) groups is 2. The zero-order valence-electron chi connectivity index (χ0n) is 14.2. The van der Waals surface area contributed by atoms with Crippen LogP contribution in [0.2, 0.25) is 0 Å². The van der Waals surface area contributed by atoms with Crippen LogP contribution in [0.3, 0.4) is 0 Å². The molecule has 0 saturated carbocycles. The fraction of sp³-hybridized carbons (Fsp3) is 0.130. The third kappa shape index (κ3) is 2.72. The van der Waals surface area contributed by atoms with E-state index in [0.717, 1.165) is 6.42 Å². The zero-order valence-corrected chi connectivity index (χ0v) is 14.2. The van der Waals surface area contributed by atoms with Crippen molar-refractivity contribution in [3.8, 4) is 0 Å². The third-order valence-electron chi connectivity index (χ3n) is 4.95. The second kappa shape index (κ2) is 6.60. The fourth-order valence-electron chi connectivity index (χ4n) is 3.62. The molecule has 3 heteroatoms. The molecule has 0 radical (unpaired) electrons. The van der Waals surface area contributed by atoms with Crippen LogP contribution < -0.4 is 0 Å². The van der Waals surface area contributed by atoms with Gasteiger partial charge in [0.2, 0.25) is 11.6 Å². The van der Waals surface area contributed by atoms with Crippen molar-refractivity contribution in [1.82, 2.24) is 0 Å². The Bertz CT molecular complexity index is 1050. The molecule has 0 atom stereocenters. The van der Waals surface area contributed by atoms with E-state index in [4.69, 9.17) is 0 Å². The normalized spacial score (nSPS) is 14.0. The SMILES string of the molecule is O=C1C(=O)c2ccccc2C(O)=C1CCCc1cccc2ccccc12. The van der Waals surface area contributed by atoms with Crippen molar-refractivity contribution in [3.63, 3.8) is 0 Å². The fourth-order valence-corrected chi connectivity index (χ4v) is 3.62. The summed E-state index contributed by atoms with van der Waals surface area (Å²) < 4.78 is 0. The van der Waals surface area contributed by atoms with E-state index >= 15 is 0 Å². The summed E-state index contributed by atoms with van der Waals surface area (Å²) in [5, 5.41) is 12.9. The first kappa shape index (κ1) is 16.3. The Morgan fingerprint density at radius 1 is 0.692 bits per heavy atom. The highest BCUT2D eigenvalue weighted by Crippen LogP contribution is 2.30. The van der Waals surface area contributed by atoms with Crippen LogP contribution in [0.5, 0.6) is 0 Å². The summed E-state index contributed by atoms with van der Waals surface area (Å²) in [6, 6.07) is 21.1. The van der Waals surface area contributed by atoms with Crippen LogP contribution in [-0.2, 0) is 11.2 Å². The van der Waals surface area contributed by atoms with Crippen molar-refractivity contribution < 1.29 is 14.7 Å². The van der Waals surface area contributed by atoms with E-state index in [1.807, 2.05) is 18.2 Å². The highest BCUT2D eigenvalue weighted by atomic mass is 16.3. The molecular weight excluding hydrogens is 324 g/mol. The molecule has 0 aromatic heterocycles. The van der Waals surface area contributed by atoms with Crippen LogP contribution in [0.4, 0.5) is 0 Å². The average molecular weight is 342 g/mol. The summed E-state index contributed by atoms with van der Waals surface area (Å²) in [6.07, 6.45) is 1.85. The van der Waals surface area contributed by atoms with E-state index in [1.165, 1.54) is 16.3 Å². The lowest BCUT2D eigenvalue weighted by atomic mass is 9.86. The van der Waals surface area contributed by atoms with E-state index in [9.17, 15) is 14.7 Å². The van der Waals surface area contributed by atoms with Gasteiger partial charge in [0, 0.05) is 16.7 Å². The number of Topliss-reactive ketones (excluding diaryl/α,β-unsaturated/α-hetero) is 2. The van der Waals surface area contributed by atoms with Gasteiger partial charge in [0.25, 0.3) is 0 Å². The highest BCUT2D eigenvalue weighted by molar-refractivity contribution is 6.52. The minimum atomic E-state index is -0.584. The molecule has 0 amide bonds. The topological polar surface area (TPSA) is 54.4 Å². The molecule has 1 aliphatic rings. The Morgan fingerprint density at radius 2 is 1.38 bits per heavy atom. The molecule has 0 fully saturated rings. The molecular formula is C23H18O3. The van der Waals surface area contributed by atoms with E-state index < -0.39 is 11.6 Å². The lowest BCUT2D eigenvalue weighted by Crippen LogP contribution is -2.24. The van der Waals surface area contributed by atoms with Crippen LogP contribution in [0.15, 0.2) is 72.3 Å². The Balaban J connectivity index is 1.58. The minimum absolute atomic E-state index is 0.0527. The smallest absolute Gasteiger partial charge is 0.234 e. The summed E-state index contributed by atoms with van der Waals surface area (Å²) in [4.78, 5) is 24.7. The lowest BCUT2D eigenvalue weighted by Gasteiger charge is -2.17. The van der Waals surface area contributed by atoms with E-state index in [1.54, 1.807) is 24.3 Å². The van der Waals surface area contributed by atoms with Gasteiger partial charge in [-0.3, -0.25) is 9.59 Å². The zero-order chi connectivity index (χ0) is 18.1. The first-order valence-corrected chi connectivity index (χ1v) is 8.74. The molecule has 26 heavy (non-hydrogen) atoms. The first-order chi connectivity index (χ1) is 12.7. The maximum atomic E-state index is 12.4. The molecule has 0 aliphatic heterocycles. The van der Waals surface area contributed by atoms with Gasteiger partial charge in [0.15, 0.2) is 0 Å². The number of aryl methyl sites for hydroxylation is 1. The Kier molecular flexibility index (Phi) is 4.13. The molecule has 0 bridgehead atoms. The summed E-state index contributed by atoms with van der Waals surface area (Å²) in [7, 11) is 0. The second-order valence-electron chi connectivity index (χ2n) is 6.52. The second-order valence-corrected chi connectivity index (χ2v) is 6.52. The van der Waals surface area contributed by atoms with E-state index in [2.05, 4.69) is 24.3 Å². The van der Waals surface area contributed by atoms with Gasteiger partial charge < -0.3 is 5.11 Å². The maximum absolute atomic E-state index is 12.4. The average Bonchev–Trinajstić information content (AvgIpc) is 2.69.